The molecule has 1 aromatic heterocycles. The minimum Gasteiger partial charge on any atom is -0.322 e. The molecule has 2 heterocycles. The first-order valence-corrected chi connectivity index (χ1v) is 14.3. The van der Waals surface area contributed by atoms with Crippen molar-refractivity contribution in [1.82, 2.24) is 14.8 Å². The Morgan fingerprint density at radius 2 is 1.69 bits per heavy atom. The number of aryl methyl sites for hydroxylation is 2. The molecular formula is C31H33N5O2S. The predicted molar refractivity (Wildman–Crippen MR) is 158 cm³/mol. The number of rotatable bonds is 8. The number of carbonyl (C=O) groups is 2. The summed E-state index contributed by atoms with van der Waals surface area (Å²) in [6, 6.07) is 24.0. The van der Waals surface area contributed by atoms with Crippen molar-refractivity contribution in [3.63, 3.8) is 0 Å². The van der Waals surface area contributed by atoms with Gasteiger partial charge in [-0.1, -0.05) is 79.2 Å². The van der Waals surface area contributed by atoms with Gasteiger partial charge in [0.25, 0.3) is 0 Å². The van der Waals surface area contributed by atoms with E-state index in [4.69, 9.17) is 0 Å². The summed E-state index contributed by atoms with van der Waals surface area (Å²) in [4.78, 5) is 28.1. The molecular weight excluding hydrogens is 506 g/mol. The van der Waals surface area contributed by atoms with Gasteiger partial charge >= 0.3 is 0 Å². The highest BCUT2D eigenvalue weighted by Crippen LogP contribution is 2.37. The number of amides is 2. The maximum atomic E-state index is 13.7. The Hall–Kier alpha value is -3.91. The van der Waals surface area contributed by atoms with Crippen molar-refractivity contribution in [3.05, 3.63) is 83.9 Å². The highest BCUT2D eigenvalue weighted by atomic mass is 32.2. The number of carbonyl (C=O) groups excluding carboxylic acids is 2. The molecule has 3 aromatic carbocycles. The van der Waals surface area contributed by atoms with Crippen molar-refractivity contribution in [3.8, 4) is 17.1 Å². The van der Waals surface area contributed by atoms with Crippen LogP contribution < -0.4 is 10.2 Å². The second kappa shape index (κ2) is 11.1. The molecule has 0 unspecified atom stereocenters. The number of nitrogens with zero attached hydrogens (tertiary/aromatic N) is 4. The highest BCUT2D eigenvalue weighted by Gasteiger charge is 2.43. The van der Waals surface area contributed by atoms with Crippen molar-refractivity contribution in [2.75, 3.05) is 16.0 Å². The predicted octanol–water partition coefficient (Wildman–Crippen LogP) is 6.44. The second-order valence-electron chi connectivity index (χ2n) is 10.3. The summed E-state index contributed by atoms with van der Waals surface area (Å²) in [5.74, 6) is 0.432. The highest BCUT2D eigenvalue weighted by molar-refractivity contribution is 7.99. The lowest BCUT2D eigenvalue weighted by Gasteiger charge is -2.42. The van der Waals surface area contributed by atoms with Crippen LogP contribution in [0.2, 0.25) is 0 Å². The second-order valence-corrected chi connectivity index (χ2v) is 11.3. The van der Waals surface area contributed by atoms with Gasteiger partial charge in [0.1, 0.15) is 5.54 Å². The lowest BCUT2D eigenvalue weighted by Crippen LogP contribution is -2.59. The molecule has 0 aliphatic carbocycles. The summed E-state index contributed by atoms with van der Waals surface area (Å²) in [5.41, 5.74) is 4.64. The molecule has 1 aliphatic heterocycles. The van der Waals surface area contributed by atoms with E-state index in [0.29, 0.717) is 22.4 Å². The van der Waals surface area contributed by atoms with E-state index >= 15 is 0 Å². The van der Waals surface area contributed by atoms with Crippen molar-refractivity contribution in [1.29, 1.82) is 0 Å². The van der Waals surface area contributed by atoms with E-state index in [1.54, 1.807) is 18.7 Å². The Morgan fingerprint density at radius 1 is 0.974 bits per heavy atom. The van der Waals surface area contributed by atoms with Crippen molar-refractivity contribution in [2.45, 2.75) is 57.7 Å². The Kier molecular flexibility index (Phi) is 7.57. The first-order valence-electron chi connectivity index (χ1n) is 13.3. The molecule has 7 nitrogen and oxygen atoms in total. The number of fused-ring (bicyclic) bond motifs is 1. The molecule has 1 aliphatic rings. The topological polar surface area (TPSA) is 80.1 Å². The third-order valence-electron chi connectivity index (χ3n) is 7.04. The molecule has 0 atom stereocenters. The monoisotopic (exact) mass is 539 g/mol. The van der Waals surface area contributed by atoms with Crippen LogP contribution in [0.4, 0.5) is 11.4 Å². The molecule has 0 radical (unpaired) electrons. The van der Waals surface area contributed by atoms with Crippen LogP contribution in [0.1, 0.15) is 44.7 Å². The van der Waals surface area contributed by atoms with Gasteiger partial charge in [0, 0.05) is 11.3 Å². The fourth-order valence-electron chi connectivity index (χ4n) is 4.77. The van der Waals surface area contributed by atoms with E-state index in [-0.39, 0.29) is 17.6 Å². The molecule has 2 amide bonds. The molecule has 5 rings (SSSR count). The van der Waals surface area contributed by atoms with Gasteiger partial charge in [-0.3, -0.25) is 19.1 Å². The summed E-state index contributed by atoms with van der Waals surface area (Å²) in [6.07, 6.45) is 3.35. The molecule has 0 saturated carbocycles. The van der Waals surface area contributed by atoms with Crippen molar-refractivity contribution in [2.24, 2.45) is 0 Å². The van der Waals surface area contributed by atoms with Gasteiger partial charge in [0.15, 0.2) is 11.0 Å². The fourth-order valence-corrected chi connectivity index (χ4v) is 5.57. The Bertz CT molecular complexity index is 1490. The van der Waals surface area contributed by atoms with E-state index in [9.17, 15) is 9.59 Å². The Labute approximate surface area is 233 Å². The van der Waals surface area contributed by atoms with Crippen LogP contribution in [-0.4, -0.2) is 37.9 Å². The lowest BCUT2D eigenvalue weighted by atomic mass is 9.96. The SMILES string of the molecule is CCCCc1ccc(-n2c(SCC(=O)N3c4ccccc4NC(=O)C3(C)C)nnc2-c2ccc(C)cc2)cc1. The number of para-hydroxylation sites is 2. The van der Waals surface area contributed by atoms with E-state index < -0.39 is 5.54 Å². The largest absolute Gasteiger partial charge is 0.322 e. The number of benzene rings is 3. The van der Waals surface area contributed by atoms with E-state index in [1.807, 2.05) is 41.0 Å². The van der Waals surface area contributed by atoms with Crippen LogP contribution in [0.3, 0.4) is 0 Å². The maximum Gasteiger partial charge on any atom is 0.250 e. The fraction of sp³-hybridized carbons (Fsp3) is 0.290. The van der Waals surface area contributed by atoms with Crippen LogP contribution >= 0.6 is 11.8 Å². The number of hydrogen-bond acceptors (Lipinski definition) is 5. The molecule has 4 aromatic rings. The van der Waals surface area contributed by atoms with Gasteiger partial charge in [-0.25, -0.2) is 0 Å². The first-order chi connectivity index (χ1) is 18.8. The molecule has 0 bridgehead atoms. The molecule has 0 fully saturated rings. The molecule has 8 heteroatoms. The van der Waals surface area contributed by atoms with Crippen molar-refractivity contribution >= 4 is 35.0 Å². The van der Waals surface area contributed by atoms with E-state index in [2.05, 4.69) is 65.8 Å². The zero-order valence-corrected chi connectivity index (χ0v) is 23.6. The number of thioether (sulfide) groups is 1. The maximum absolute atomic E-state index is 13.7. The summed E-state index contributed by atoms with van der Waals surface area (Å²) >= 11 is 1.32. The zero-order valence-electron chi connectivity index (χ0n) is 22.8. The average Bonchev–Trinajstić information content (AvgIpc) is 3.36. The normalized spacial score (nSPS) is 14.2. The molecule has 39 heavy (non-hydrogen) atoms. The van der Waals surface area contributed by atoms with Crippen LogP contribution in [-0.2, 0) is 16.0 Å². The van der Waals surface area contributed by atoms with Gasteiger partial charge < -0.3 is 5.32 Å². The lowest BCUT2D eigenvalue weighted by molar-refractivity contribution is -0.125. The summed E-state index contributed by atoms with van der Waals surface area (Å²) in [5, 5.41) is 12.6. The summed E-state index contributed by atoms with van der Waals surface area (Å²) < 4.78 is 2.01. The number of hydrogen-bond donors (Lipinski definition) is 1. The smallest absolute Gasteiger partial charge is 0.250 e. The Morgan fingerprint density at radius 3 is 2.41 bits per heavy atom. The van der Waals surface area contributed by atoms with E-state index in [0.717, 1.165) is 30.5 Å². The van der Waals surface area contributed by atoms with Gasteiger partial charge in [-0.05, 0) is 63.4 Å². The quantitative estimate of drug-likeness (QED) is 0.261. The van der Waals surface area contributed by atoms with Crippen LogP contribution in [0.5, 0.6) is 0 Å². The zero-order chi connectivity index (χ0) is 27.6. The molecule has 0 spiro atoms. The summed E-state index contributed by atoms with van der Waals surface area (Å²) in [6.45, 7) is 7.77. The van der Waals surface area contributed by atoms with Gasteiger partial charge in [0.05, 0.1) is 17.1 Å². The number of unbranched alkanes of at least 4 members (excludes halogenated alkanes) is 1. The third-order valence-corrected chi connectivity index (χ3v) is 7.95. The van der Waals surface area contributed by atoms with Crippen LogP contribution in [0.15, 0.2) is 78.0 Å². The van der Waals surface area contributed by atoms with Gasteiger partial charge in [0.2, 0.25) is 11.8 Å². The number of anilines is 2. The minimum atomic E-state index is -1.03. The van der Waals surface area contributed by atoms with Crippen LogP contribution in [0, 0.1) is 6.92 Å². The Balaban J connectivity index is 1.47. The van der Waals surface area contributed by atoms with Crippen molar-refractivity contribution < 1.29 is 9.59 Å². The van der Waals surface area contributed by atoms with E-state index in [1.165, 1.54) is 22.9 Å². The number of aromatic nitrogens is 3. The molecule has 200 valence electrons. The third kappa shape index (κ3) is 5.34. The minimum absolute atomic E-state index is 0.103. The standard InChI is InChI=1S/C31H33N5O2S/c1-5-6-9-22-14-18-24(19-15-22)35-28(23-16-12-21(2)13-17-23)33-34-30(35)39-20-27(37)36-26-11-8-7-10-25(26)32-29(38)31(36,3)4/h7-8,10-19H,5-6,9,20H2,1-4H3,(H,32,38). The molecule has 1 N–H and O–H groups in total. The summed E-state index contributed by atoms with van der Waals surface area (Å²) in [7, 11) is 0. The molecule has 0 saturated heterocycles. The van der Waals surface area contributed by atoms with Gasteiger partial charge in [-0.15, -0.1) is 10.2 Å². The van der Waals surface area contributed by atoms with Crippen LogP contribution in [0.25, 0.3) is 17.1 Å². The van der Waals surface area contributed by atoms with Gasteiger partial charge in [-0.2, -0.15) is 0 Å². The average molecular weight is 540 g/mol. The number of nitrogens with one attached hydrogen (secondary N) is 1. The first kappa shape index (κ1) is 26.7.